The number of anilines is 2. The molecule has 0 radical (unpaired) electrons. The van der Waals surface area contributed by atoms with Crippen molar-refractivity contribution in [3.8, 4) is 5.75 Å². The number of para-hydroxylation sites is 1. The van der Waals surface area contributed by atoms with Gasteiger partial charge in [-0.1, -0.05) is 31.4 Å². The van der Waals surface area contributed by atoms with Crippen LogP contribution in [-0.2, 0) is 14.8 Å². The van der Waals surface area contributed by atoms with Gasteiger partial charge in [-0.25, -0.2) is 12.8 Å². The highest BCUT2D eigenvalue weighted by Gasteiger charge is 2.28. The van der Waals surface area contributed by atoms with Crippen LogP contribution in [0.4, 0.5) is 15.8 Å². The predicted octanol–water partition coefficient (Wildman–Crippen LogP) is 5.12. The number of sulfonamides is 1. The number of hydrogen-bond donors (Lipinski definition) is 2. The summed E-state index contributed by atoms with van der Waals surface area (Å²) in [6, 6.07) is 17.4. The molecular weight excluding hydrogens is 521 g/mol. The topological polar surface area (TPSA) is 105 Å². The van der Waals surface area contributed by atoms with E-state index in [4.69, 9.17) is 4.74 Å². The van der Waals surface area contributed by atoms with E-state index < -0.39 is 28.3 Å². The van der Waals surface area contributed by atoms with Crippen LogP contribution < -0.4 is 19.7 Å². The highest BCUT2D eigenvalue weighted by molar-refractivity contribution is 7.92. The zero-order chi connectivity index (χ0) is 27.8. The monoisotopic (exact) mass is 553 g/mol. The zero-order valence-electron chi connectivity index (χ0n) is 21.7. The van der Waals surface area contributed by atoms with Crippen LogP contribution >= 0.6 is 0 Å². The second-order valence-corrected chi connectivity index (χ2v) is 11.2. The van der Waals surface area contributed by atoms with Crippen LogP contribution in [0.15, 0.2) is 77.7 Å². The lowest BCUT2D eigenvalue weighted by molar-refractivity contribution is -0.114. The summed E-state index contributed by atoms with van der Waals surface area (Å²) in [5.41, 5.74) is 0.799. The molecule has 0 bridgehead atoms. The van der Waals surface area contributed by atoms with E-state index in [0.717, 1.165) is 60.7 Å². The first-order valence-corrected chi connectivity index (χ1v) is 14.4. The average molecular weight is 554 g/mol. The molecule has 0 unspecified atom stereocenters. The maximum atomic E-state index is 13.6. The number of hydrogen-bond acceptors (Lipinski definition) is 5. The maximum Gasteiger partial charge on any atom is 0.264 e. The van der Waals surface area contributed by atoms with Crippen molar-refractivity contribution >= 4 is 33.2 Å². The van der Waals surface area contributed by atoms with E-state index in [-0.39, 0.29) is 28.2 Å². The molecule has 8 nitrogen and oxygen atoms in total. The summed E-state index contributed by atoms with van der Waals surface area (Å²) < 4.78 is 47.0. The van der Waals surface area contributed by atoms with Crippen LogP contribution in [0.3, 0.4) is 0 Å². The summed E-state index contributed by atoms with van der Waals surface area (Å²) in [7, 11) is -4.24. The Bertz CT molecular complexity index is 1390. The molecule has 206 valence electrons. The molecule has 39 heavy (non-hydrogen) atoms. The van der Waals surface area contributed by atoms with Gasteiger partial charge in [0, 0.05) is 6.04 Å². The lowest BCUT2D eigenvalue weighted by atomic mass is 9.95. The molecule has 1 aliphatic carbocycles. The van der Waals surface area contributed by atoms with E-state index in [1.54, 1.807) is 36.4 Å². The van der Waals surface area contributed by atoms with E-state index in [1.807, 2.05) is 6.92 Å². The molecule has 1 saturated carbocycles. The summed E-state index contributed by atoms with van der Waals surface area (Å²) in [4.78, 5) is 26.1. The average Bonchev–Trinajstić information content (AvgIpc) is 2.93. The van der Waals surface area contributed by atoms with Crippen molar-refractivity contribution in [3.63, 3.8) is 0 Å². The van der Waals surface area contributed by atoms with E-state index in [9.17, 15) is 22.4 Å². The van der Waals surface area contributed by atoms with E-state index in [1.165, 1.54) is 12.1 Å². The number of ether oxygens (including phenoxy) is 1. The van der Waals surface area contributed by atoms with E-state index in [2.05, 4.69) is 10.6 Å². The number of nitrogens with one attached hydrogen (secondary N) is 2. The number of carbonyl (C=O) groups is 2. The van der Waals surface area contributed by atoms with Gasteiger partial charge in [0.15, 0.2) is 0 Å². The molecule has 0 spiro atoms. The molecule has 4 rings (SSSR count). The minimum Gasteiger partial charge on any atom is -0.494 e. The molecule has 0 aromatic heterocycles. The number of nitrogens with zero attached hydrogens (tertiary/aromatic N) is 1. The first-order chi connectivity index (χ1) is 18.8. The molecule has 10 heteroatoms. The Morgan fingerprint density at radius 1 is 0.949 bits per heavy atom. The number of rotatable bonds is 10. The van der Waals surface area contributed by atoms with Gasteiger partial charge in [0.1, 0.15) is 18.1 Å². The first kappa shape index (κ1) is 28.1. The number of amides is 2. The van der Waals surface area contributed by atoms with Gasteiger partial charge < -0.3 is 15.4 Å². The summed E-state index contributed by atoms with van der Waals surface area (Å²) in [5.74, 6) is -0.974. The number of halogens is 1. The third-order valence-electron chi connectivity index (χ3n) is 6.51. The summed E-state index contributed by atoms with van der Waals surface area (Å²) >= 11 is 0. The Morgan fingerprint density at radius 2 is 1.62 bits per heavy atom. The second kappa shape index (κ2) is 12.8. The smallest absolute Gasteiger partial charge is 0.264 e. The zero-order valence-corrected chi connectivity index (χ0v) is 22.5. The SMILES string of the molecule is CCOc1ccc(N(CC(=O)Nc2ccccc2C(=O)NC2CCCCC2)S(=O)(=O)c2ccc(F)cc2)cc1. The van der Waals surface area contributed by atoms with Crippen LogP contribution in [0.5, 0.6) is 5.75 Å². The van der Waals surface area contributed by atoms with Gasteiger partial charge in [0.25, 0.3) is 15.9 Å². The lowest BCUT2D eigenvalue weighted by Crippen LogP contribution is -2.39. The fourth-order valence-electron chi connectivity index (χ4n) is 4.54. The van der Waals surface area contributed by atoms with Crippen molar-refractivity contribution in [2.24, 2.45) is 0 Å². The Morgan fingerprint density at radius 3 is 2.28 bits per heavy atom. The van der Waals surface area contributed by atoms with Gasteiger partial charge in [0.05, 0.1) is 28.4 Å². The number of benzene rings is 3. The van der Waals surface area contributed by atoms with Crippen molar-refractivity contribution in [1.29, 1.82) is 0 Å². The molecule has 2 amide bonds. The van der Waals surface area contributed by atoms with Gasteiger partial charge >= 0.3 is 0 Å². The van der Waals surface area contributed by atoms with Crippen molar-refractivity contribution in [2.45, 2.75) is 50.0 Å². The van der Waals surface area contributed by atoms with Gasteiger partial charge in [-0.2, -0.15) is 0 Å². The van der Waals surface area contributed by atoms with Crippen molar-refractivity contribution in [3.05, 3.63) is 84.2 Å². The summed E-state index contributed by atoms with van der Waals surface area (Å²) in [6.07, 6.45) is 5.11. The molecule has 3 aromatic rings. The molecule has 1 fully saturated rings. The van der Waals surface area contributed by atoms with Crippen molar-refractivity contribution in [2.75, 3.05) is 22.8 Å². The van der Waals surface area contributed by atoms with Crippen molar-refractivity contribution < 1.29 is 27.1 Å². The molecule has 3 aromatic carbocycles. The number of carbonyl (C=O) groups excluding carboxylic acids is 2. The fourth-order valence-corrected chi connectivity index (χ4v) is 5.97. The minimum absolute atomic E-state index is 0.0889. The lowest BCUT2D eigenvalue weighted by Gasteiger charge is -2.25. The minimum atomic E-state index is -4.24. The van der Waals surface area contributed by atoms with Crippen LogP contribution in [0.2, 0.25) is 0 Å². The Hall–Kier alpha value is -3.92. The van der Waals surface area contributed by atoms with Crippen LogP contribution in [0.25, 0.3) is 0 Å². The molecule has 0 saturated heterocycles. The fraction of sp³-hybridized carbons (Fsp3) is 0.310. The predicted molar refractivity (Wildman–Crippen MR) is 148 cm³/mol. The van der Waals surface area contributed by atoms with Crippen LogP contribution in [0, 0.1) is 5.82 Å². The van der Waals surface area contributed by atoms with Gasteiger partial charge in [0.2, 0.25) is 5.91 Å². The molecule has 2 N–H and O–H groups in total. The normalized spacial score (nSPS) is 13.9. The van der Waals surface area contributed by atoms with Gasteiger partial charge in [-0.3, -0.25) is 13.9 Å². The largest absolute Gasteiger partial charge is 0.494 e. The Labute approximate surface area is 228 Å². The first-order valence-electron chi connectivity index (χ1n) is 13.0. The molecular formula is C29H32FN3O5S. The highest BCUT2D eigenvalue weighted by atomic mass is 32.2. The maximum absolute atomic E-state index is 13.6. The van der Waals surface area contributed by atoms with Crippen LogP contribution in [-0.4, -0.2) is 39.4 Å². The van der Waals surface area contributed by atoms with E-state index >= 15 is 0 Å². The van der Waals surface area contributed by atoms with Gasteiger partial charge in [-0.05, 0) is 80.4 Å². The van der Waals surface area contributed by atoms with Crippen molar-refractivity contribution in [1.82, 2.24) is 5.32 Å². The standard InChI is InChI=1S/C29H32FN3O5S/c1-2-38-24-16-14-23(15-17-24)33(39(36,37)25-18-12-21(30)13-19-25)20-28(34)32-27-11-7-6-10-26(27)29(35)31-22-8-4-3-5-9-22/h6-7,10-19,22H,2-5,8-9,20H2,1H3,(H,31,35)(H,32,34). The summed E-state index contributed by atoms with van der Waals surface area (Å²) in [6.45, 7) is 1.69. The third kappa shape index (κ3) is 7.14. The molecule has 0 atom stereocenters. The van der Waals surface area contributed by atoms with Gasteiger partial charge in [-0.15, -0.1) is 0 Å². The Balaban J connectivity index is 1.58. The Kier molecular flexibility index (Phi) is 9.19. The second-order valence-electron chi connectivity index (χ2n) is 9.29. The van der Waals surface area contributed by atoms with E-state index in [0.29, 0.717) is 17.9 Å². The quantitative estimate of drug-likeness (QED) is 0.363. The molecule has 0 aliphatic heterocycles. The highest BCUT2D eigenvalue weighted by Crippen LogP contribution is 2.27. The van der Waals surface area contributed by atoms with Crippen LogP contribution in [0.1, 0.15) is 49.4 Å². The third-order valence-corrected chi connectivity index (χ3v) is 8.30. The molecule has 1 aliphatic rings. The molecule has 0 heterocycles. The summed E-state index contributed by atoms with van der Waals surface area (Å²) in [5, 5.41) is 5.74.